The molecule has 0 saturated carbocycles. The minimum absolute atomic E-state index is 0.0130. The zero-order valence-corrected chi connectivity index (χ0v) is 10.4. The first kappa shape index (κ1) is 13.1. The fourth-order valence-corrected chi connectivity index (χ4v) is 1.63. The molecule has 1 aromatic heterocycles. The lowest BCUT2D eigenvalue weighted by molar-refractivity contribution is -0.116. The lowest BCUT2D eigenvalue weighted by Gasteiger charge is -2.06. The summed E-state index contributed by atoms with van der Waals surface area (Å²) < 4.78 is 1.40. The van der Waals surface area contributed by atoms with Crippen molar-refractivity contribution in [1.29, 1.82) is 10.5 Å². The van der Waals surface area contributed by atoms with E-state index < -0.39 is 0 Å². The molecular formula is C13H10N6O. The fraction of sp³-hybridized carbons (Fsp3) is 0.0769. The number of benzene rings is 1. The summed E-state index contributed by atoms with van der Waals surface area (Å²) in [6.45, 7) is 0.0130. The number of rotatable bonds is 3. The SMILES string of the molecule is N#Cc1ccc(NC(=O)Cn2ccc(N)n2)cc1C#N. The van der Waals surface area contributed by atoms with E-state index in [0.717, 1.165) is 0 Å². The molecule has 1 amide bonds. The van der Waals surface area contributed by atoms with Crippen molar-refractivity contribution in [3.05, 3.63) is 41.6 Å². The Morgan fingerprint density at radius 3 is 2.65 bits per heavy atom. The number of aromatic nitrogens is 2. The molecule has 0 spiro atoms. The number of anilines is 2. The van der Waals surface area contributed by atoms with Gasteiger partial charge in [-0.15, -0.1) is 0 Å². The van der Waals surface area contributed by atoms with Gasteiger partial charge in [-0.1, -0.05) is 0 Å². The monoisotopic (exact) mass is 266 g/mol. The number of hydrogen-bond donors (Lipinski definition) is 2. The molecule has 0 unspecified atom stereocenters. The second kappa shape index (κ2) is 5.55. The number of amides is 1. The van der Waals surface area contributed by atoms with E-state index in [-0.39, 0.29) is 23.6 Å². The van der Waals surface area contributed by atoms with Crippen LogP contribution in [0.15, 0.2) is 30.5 Å². The van der Waals surface area contributed by atoms with Gasteiger partial charge < -0.3 is 11.1 Å². The van der Waals surface area contributed by atoms with Gasteiger partial charge in [0.15, 0.2) is 0 Å². The highest BCUT2D eigenvalue weighted by Gasteiger charge is 2.07. The van der Waals surface area contributed by atoms with Crippen molar-refractivity contribution in [3.8, 4) is 12.1 Å². The Kier molecular flexibility index (Phi) is 3.64. The van der Waals surface area contributed by atoms with Gasteiger partial charge in [0.1, 0.15) is 24.5 Å². The number of carbonyl (C=O) groups excluding carboxylic acids is 1. The maximum absolute atomic E-state index is 11.8. The number of nitriles is 2. The molecule has 7 nitrogen and oxygen atoms in total. The number of nitrogen functional groups attached to an aromatic ring is 1. The third kappa shape index (κ3) is 2.92. The van der Waals surface area contributed by atoms with Crippen molar-refractivity contribution in [1.82, 2.24) is 9.78 Å². The molecule has 3 N–H and O–H groups in total. The molecule has 0 saturated heterocycles. The van der Waals surface area contributed by atoms with Crippen molar-refractivity contribution in [2.45, 2.75) is 6.54 Å². The molecule has 2 aromatic rings. The van der Waals surface area contributed by atoms with Gasteiger partial charge in [-0.2, -0.15) is 15.6 Å². The molecule has 20 heavy (non-hydrogen) atoms. The van der Waals surface area contributed by atoms with Crippen LogP contribution in [-0.4, -0.2) is 15.7 Å². The minimum Gasteiger partial charge on any atom is -0.382 e. The first-order valence-corrected chi connectivity index (χ1v) is 5.65. The van der Waals surface area contributed by atoms with Crippen LogP contribution >= 0.6 is 0 Å². The van der Waals surface area contributed by atoms with Crippen LogP contribution in [0.4, 0.5) is 11.5 Å². The van der Waals surface area contributed by atoms with Crippen molar-refractivity contribution in [2.75, 3.05) is 11.1 Å². The summed E-state index contributed by atoms with van der Waals surface area (Å²) in [6.07, 6.45) is 1.59. The van der Waals surface area contributed by atoms with Crippen LogP contribution in [0, 0.1) is 22.7 Å². The average Bonchev–Trinajstić information content (AvgIpc) is 2.83. The second-order valence-electron chi connectivity index (χ2n) is 3.97. The van der Waals surface area contributed by atoms with Gasteiger partial charge in [-0.3, -0.25) is 9.48 Å². The van der Waals surface area contributed by atoms with Crippen LogP contribution in [-0.2, 0) is 11.3 Å². The van der Waals surface area contributed by atoms with Gasteiger partial charge in [0, 0.05) is 11.9 Å². The summed E-state index contributed by atoms with van der Waals surface area (Å²) in [7, 11) is 0. The maximum Gasteiger partial charge on any atom is 0.246 e. The van der Waals surface area contributed by atoms with Gasteiger partial charge in [0.2, 0.25) is 5.91 Å². The van der Waals surface area contributed by atoms with E-state index in [1.165, 1.54) is 16.8 Å². The van der Waals surface area contributed by atoms with Crippen molar-refractivity contribution < 1.29 is 4.79 Å². The summed E-state index contributed by atoms with van der Waals surface area (Å²) in [4.78, 5) is 11.8. The largest absolute Gasteiger partial charge is 0.382 e. The third-order valence-electron chi connectivity index (χ3n) is 2.51. The number of nitrogens with two attached hydrogens (primary N) is 1. The molecule has 0 radical (unpaired) electrons. The zero-order chi connectivity index (χ0) is 14.5. The van der Waals surface area contributed by atoms with Crippen LogP contribution in [0.3, 0.4) is 0 Å². The molecule has 98 valence electrons. The fourth-order valence-electron chi connectivity index (χ4n) is 1.63. The van der Waals surface area contributed by atoms with Gasteiger partial charge in [0.25, 0.3) is 0 Å². The lowest BCUT2D eigenvalue weighted by Crippen LogP contribution is -2.19. The standard InChI is InChI=1S/C13H10N6O/c14-6-9-1-2-11(5-10(9)7-15)17-13(20)8-19-4-3-12(16)18-19/h1-5H,8H2,(H2,16,18)(H,17,20). The number of nitrogens with zero attached hydrogens (tertiary/aromatic N) is 4. The Morgan fingerprint density at radius 2 is 2.05 bits per heavy atom. The molecule has 1 heterocycles. The molecule has 0 bridgehead atoms. The highest BCUT2D eigenvalue weighted by atomic mass is 16.2. The Balaban J connectivity index is 2.09. The van der Waals surface area contributed by atoms with Crippen LogP contribution in [0.2, 0.25) is 0 Å². The first-order chi connectivity index (χ1) is 9.62. The predicted octanol–water partition coefficient (Wildman–Crippen LogP) is 0.847. The summed E-state index contributed by atoms with van der Waals surface area (Å²) in [6, 6.07) is 9.90. The van der Waals surface area contributed by atoms with E-state index in [9.17, 15) is 4.79 Å². The van der Waals surface area contributed by atoms with Crippen molar-refractivity contribution >= 4 is 17.4 Å². The molecule has 0 atom stereocenters. The highest BCUT2D eigenvalue weighted by molar-refractivity contribution is 5.90. The van der Waals surface area contributed by atoms with E-state index in [1.807, 2.05) is 12.1 Å². The van der Waals surface area contributed by atoms with E-state index in [0.29, 0.717) is 11.5 Å². The molecule has 1 aromatic carbocycles. The van der Waals surface area contributed by atoms with Crippen molar-refractivity contribution in [3.63, 3.8) is 0 Å². The Hall–Kier alpha value is -3.32. The van der Waals surface area contributed by atoms with E-state index in [1.54, 1.807) is 18.3 Å². The smallest absolute Gasteiger partial charge is 0.246 e. The van der Waals surface area contributed by atoms with Gasteiger partial charge in [-0.25, -0.2) is 0 Å². The topological polar surface area (TPSA) is 121 Å². The average molecular weight is 266 g/mol. The quantitative estimate of drug-likeness (QED) is 0.852. The molecule has 0 aliphatic rings. The van der Waals surface area contributed by atoms with Gasteiger partial charge in [-0.05, 0) is 24.3 Å². The third-order valence-corrected chi connectivity index (χ3v) is 2.51. The van der Waals surface area contributed by atoms with Crippen LogP contribution in [0.25, 0.3) is 0 Å². The molecule has 2 rings (SSSR count). The second-order valence-corrected chi connectivity index (χ2v) is 3.97. The van der Waals surface area contributed by atoms with E-state index in [4.69, 9.17) is 16.3 Å². The summed E-state index contributed by atoms with van der Waals surface area (Å²) >= 11 is 0. The zero-order valence-electron chi connectivity index (χ0n) is 10.4. The summed E-state index contributed by atoms with van der Waals surface area (Å²) in [5, 5.41) is 24.2. The van der Waals surface area contributed by atoms with Crippen LogP contribution in [0.1, 0.15) is 11.1 Å². The molecular weight excluding hydrogens is 256 g/mol. The first-order valence-electron chi connectivity index (χ1n) is 5.65. The maximum atomic E-state index is 11.8. The predicted molar refractivity (Wildman–Crippen MR) is 71.1 cm³/mol. The summed E-state index contributed by atoms with van der Waals surface area (Å²) in [5.41, 5.74) is 6.38. The van der Waals surface area contributed by atoms with Crippen LogP contribution in [0.5, 0.6) is 0 Å². The van der Waals surface area contributed by atoms with Crippen LogP contribution < -0.4 is 11.1 Å². The molecule has 0 aliphatic heterocycles. The number of hydrogen-bond acceptors (Lipinski definition) is 5. The minimum atomic E-state index is -0.304. The van der Waals surface area contributed by atoms with E-state index >= 15 is 0 Å². The Morgan fingerprint density at radius 1 is 1.30 bits per heavy atom. The normalized spacial score (nSPS) is 9.50. The number of carbonyl (C=O) groups is 1. The summed E-state index contributed by atoms with van der Waals surface area (Å²) in [5.74, 6) is 0.0321. The molecule has 0 fully saturated rings. The molecule has 7 heteroatoms. The lowest BCUT2D eigenvalue weighted by atomic mass is 10.1. The van der Waals surface area contributed by atoms with E-state index in [2.05, 4.69) is 10.4 Å². The Labute approximate surface area is 114 Å². The van der Waals surface area contributed by atoms with Gasteiger partial charge in [0.05, 0.1) is 11.1 Å². The highest BCUT2D eigenvalue weighted by Crippen LogP contribution is 2.14. The van der Waals surface area contributed by atoms with Gasteiger partial charge >= 0.3 is 0 Å². The van der Waals surface area contributed by atoms with Crippen molar-refractivity contribution in [2.24, 2.45) is 0 Å². The molecule has 0 aliphatic carbocycles. The number of nitrogens with one attached hydrogen (secondary N) is 1. The Bertz CT molecular complexity index is 734.